The normalized spacial score (nSPS) is 12.4. The van der Waals surface area contributed by atoms with Crippen LogP contribution in [0.4, 0.5) is 0 Å². The van der Waals surface area contributed by atoms with Crippen molar-refractivity contribution >= 4 is 15.9 Å². The molecule has 0 aliphatic heterocycles. The third kappa shape index (κ3) is 3.92. The lowest BCUT2D eigenvalue weighted by atomic mass is 9.95. The number of halogens is 1. The summed E-state index contributed by atoms with van der Waals surface area (Å²) in [7, 11) is 0. The van der Waals surface area contributed by atoms with E-state index < -0.39 is 0 Å². The van der Waals surface area contributed by atoms with Crippen molar-refractivity contribution in [3.63, 3.8) is 0 Å². The molecule has 0 radical (unpaired) electrons. The zero-order chi connectivity index (χ0) is 13.8. The van der Waals surface area contributed by atoms with Gasteiger partial charge in [-0.15, -0.1) is 0 Å². The smallest absolute Gasteiger partial charge is 0.0621 e. The molecule has 0 saturated carbocycles. The fraction of sp³-hybridized carbons (Fsp3) is 0.294. The fourth-order valence-corrected chi connectivity index (χ4v) is 2.86. The highest BCUT2D eigenvalue weighted by molar-refractivity contribution is 9.10. The Morgan fingerprint density at radius 1 is 1.00 bits per heavy atom. The Labute approximate surface area is 123 Å². The summed E-state index contributed by atoms with van der Waals surface area (Å²) in [5, 5.41) is 10.3. The lowest BCUT2D eigenvalue weighted by molar-refractivity contribution is 0.175. The van der Waals surface area contributed by atoms with Gasteiger partial charge in [-0.25, -0.2) is 0 Å². The van der Waals surface area contributed by atoms with Crippen molar-refractivity contribution in [1.29, 1.82) is 0 Å². The largest absolute Gasteiger partial charge is 0.392 e. The molecule has 1 unspecified atom stereocenters. The van der Waals surface area contributed by atoms with Crippen molar-refractivity contribution in [1.82, 2.24) is 0 Å². The lowest BCUT2D eigenvalue weighted by Gasteiger charge is -2.15. The van der Waals surface area contributed by atoms with Crippen LogP contribution in [0.25, 0.3) is 0 Å². The molecule has 0 heterocycles. The molecular formula is C17H19BrO. The second kappa shape index (κ2) is 6.36. The van der Waals surface area contributed by atoms with E-state index in [9.17, 15) is 5.11 Å². The first-order chi connectivity index (χ1) is 9.06. The molecule has 0 fully saturated rings. The predicted octanol–water partition coefficient (Wildman–Crippen LogP) is 4.21. The first-order valence-electron chi connectivity index (χ1n) is 6.54. The molecule has 2 aromatic carbocycles. The van der Waals surface area contributed by atoms with Crippen molar-refractivity contribution in [2.75, 3.05) is 0 Å². The second-order valence-electron chi connectivity index (χ2n) is 5.06. The van der Waals surface area contributed by atoms with E-state index in [1.807, 2.05) is 12.1 Å². The van der Waals surface area contributed by atoms with Crippen molar-refractivity contribution in [3.8, 4) is 0 Å². The van der Waals surface area contributed by atoms with E-state index in [-0.39, 0.29) is 6.10 Å². The summed E-state index contributed by atoms with van der Waals surface area (Å²) >= 11 is 3.46. The Morgan fingerprint density at radius 3 is 2.26 bits per heavy atom. The van der Waals surface area contributed by atoms with Crippen LogP contribution in [0.15, 0.2) is 46.9 Å². The van der Waals surface area contributed by atoms with E-state index in [1.165, 1.54) is 16.7 Å². The molecule has 1 N–H and O–H groups in total. The number of rotatable bonds is 4. The average molecular weight is 319 g/mol. The number of aliphatic hydroxyl groups is 1. The van der Waals surface area contributed by atoms with Crippen LogP contribution in [0.2, 0.25) is 0 Å². The van der Waals surface area contributed by atoms with Gasteiger partial charge < -0.3 is 5.11 Å². The van der Waals surface area contributed by atoms with Gasteiger partial charge in [0.1, 0.15) is 0 Å². The van der Waals surface area contributed by atoms with Crippen LogP contribution in [-0.4, -0.2) is 11.2 Å². The Morgan fingerprint density at radius 2 is 1.63 bits per heavy atom. The number of hydrogen-bond acceptors (Lipinski definition) is 1. The van der Waals surface area contributed by atoms with Gasteiger partial charge in [-0.2, -0.15) is 0 Å². The van der Waals surface area contributed by atoms with Crippen molar-refractivity contribution in [2.45, 2.75) is 32.8 Å². The molecule has 0 aliphatic carbocycles. The van der Waals surface area contributed by atoms with Crippen LogP contribution in [0.1, 0.15) is 22.3 Å². The van der Waals surface area contributed by atoms with Gasteiger partial charge in [-0.05, 0) is 61.1 Å². The Bertz CT molecular complexity index is 543. The van der Waals surface area contributed by atoms with Gasteiger partial charge in [0.2, 0.25) is 0 Å². The molecule has 2 heteroatoms. The Balaban J connectivity index is 2.07. The topological polar surface area (TPSA) is 20.2 Å². The first kappa shape index (κ1) is 14.3. The number of aliphatic hydroxyl groups excluding tert-OH is 1. The van der Waals surface area contributed by atoms with E-state index in [0.717, 1.165) is 10.0 Å². The van der Waals surface area contributed by atoms with Gasteiger partial charge >= 0.3 is 0 Å². The molecule has 2 rings (SSSR count). The molecule has 1 atom stereocenters. The van der Waals surface area contributed by atoms with Gasteiger partial charge in [-0.1, -0.05) is 46.3 Å². The fourth-order valence-electron chi connectivity index (χ4n) is 2.41. The monoisotopic (exact) mass is 318 g/mol. The maximum absolute atomic E-state index is 10.3. The van der Waals surface area contributed by atoms with Crippen molar-refractivity contribution in [3.05, 3.63) is 69.2 Å². The second-order valence-corrected chi connectivity index (χ2v) is 5.98. The molecule has 0 amide bonds. The van der Waals surface area contributed by atoms with Crippen LogP contribution in [0, 0.1) is 13.8 Å². The molecule has 19 heavy (non-hydrogen) atoms. The number of aryl methyl sites for hydroxylation is 2. The van der Waals surface area contributed by atoms with Crippen molar-refractivity contribution in [2.24, 2.45) is 0 Å². The highest BCUT2D eigenvalue weighted by Crippen LogP contribution is 2.18. The number of benzene rings is 2. The summed E-state index contributed by atoms with van der Waals surface area (Å²) in [6.07, 6.45) is 1.06. The molecule has 0 aromatic heterocycles. The highest BCUT2D eigenvalue weighted by atomic mass is 79.9. The van der Waals surface area contributed by atoms with Gasteiger partial charge in [0.05, 0.1) is 6.10 Å². The summed E-state index contributed by atoms with van der Waals surface area (Å²) in [4.78, 5) is 0. The molecule has 1 nitrogen and oxygen atoms in total. The van der Waals surface area contributed by atoms with Crippen LogP contribution < -0.4 is 0 Å². The highest BCUT2D eigenvalue weighted by Gasteiger charge is 2.10. The van der Waals surface area contributed by atoms with Gasteiger partial charge in [0.15, 0.2) is 0 Å². The SMILES string of the molecule is Cc1cccc(C)c1CC(O)Cc1cccc(Br)c1. The molecule has 2 aromatic rings. The minimum atomic E-state index is -0.339. The van der Waals surface area contributed by atoms with Gasteiger partial charge in [0, 0.05) is 4.47 Å². The molecule has 0 spiro atoms. The summed E-state index contributed by atoms with van der Waals surface area (Å²) in [6.45, 7) is 4.21. The van der Waals surface area contributed by atoms with Crippen LogP contribution in [0.5, 0.6) is 0 Å². The lowest BCUT2D eigenvalue weighted by Crippen LogP contribution is -2.15. The van der Waals surface area contributed by atoms with Crippen LogP contribution >= 0.6 is 15.9 Å². The zero-order valence-corrected chi connectivity index (χ0v) is 12.9. The predicted molar refractivity (Wildman–Crippen MR) is 83.5 cm³/mol. The van der Waals surface area contributed by atoms with E-state index in [0.29, 0.717) is 12.8 Å². The maximum Gasteiger partial charge on any atom is 0.0621 e. The third-order valence-corrected chi connectivity index (χ3v) is 3.94. The summed E-state index contributed by atoms with van der Waals surface area (Å²) in [6, 6.07) is 14.4. The van der Waals surface area contributed by atoms with E-state index in [4.69, 9.17) is 0 Å². The molecule has 0 saturated heterocycles. The first-order valence-corrected chi connectivity index (χ1v) is 7.33. The number of hydrogen-bond donors (Lipinski definition) is 1. The van der Waals surface area contributed by atoms with Crippen molar-refractivity contribution < 1.29 is 5.11 Å². The summed E-state index contributed by atoms with van der Waals surface area (Å²) in [5.41, 5.74) is 4.94. The average Bonchev–Trinajstić information content (AvgIpc) is 2.34. The zero-order valence-electron chi connectivity index (χ0n) is 11.4. The van der Waals surface area contributed by atoms with Gasteiger partial charge in [-0.3, -0.25) is 0 Å². The molecular weight excluding hydrogens is 300 g/mol. The van der Waals surface area contributed by atoms with Crippen LogP contribution in [0.3, 0.4) is 0 Å². The minimum Gasteiger partial charge on any atom is -0.392 e. The standard InChI is InChI=1S/C17H19BrO/c1-12-5-3-6-13(2)17(12)11-16(19)10-14-7-4-8-15(18)9-14/h3-9,16,19H,10-11H2,1-2H3. The Hall–Kier alpha value is -1.12. The quantitative estimate of drug-likeness (QED) is 0.895. The maximum atomic E-state index is 10.3. The van der Waals surface area contributed by atoms with E-state index in [2.05, 4.69) is 60.1 Å². The Kier molecular flexibility index (Phi) is 4.78. The van der Waals surface area contributed by atoms with E-state index in [1.54, 1.807) is 0 Å². The van der Waals surface area contributed by atoms with E-state index >= 15 is 0 Å². The van der Waals surface area contributed by atoms with Crippen LogP contribution in [-0.2, 0) is 12.8 Å². The van der Waals surface area contributed by atoms with Gasteiger partial charge in [0.25, 0.3) is 0 Å². The molecule has 0 bridgehead atoms. The summed E-state index contributed by atoms with van der Waals surface area (Å²) < 4.78 is 1.06. The minimum absolute atomic E-state index is 0.339. The molecule has 0 aliphatic rings. The third-order valence-electron chi connectivity index (χ3n) is 3.44. The molecule has 100 valence electrons. The summed E-state index contributed by atoms with van der Waals surface area (Å²) in [5.74, 6) is 0.